The smallest absolute Gasteiger partial charge is 0.416 e. The summed E-state index contributed by atoms with van der Waals surface area (Å²) in [6, 6.07) is 16.9. The number of carboxylic acids is 1. The van der Waals surface area contributed by atoms with Crippen molar-refractivity contribution in [3.8, 4) is 11.1 Å². The fourth-order valence-electron chi connectivity index (χ4n) is 6.71. The van der Waals surface area contributed by atoms with Gasteiger partial charge in [-0.15, -0.1) is 0 Å². The molecule has 2 fully saturated rings. The Balaban J connectivity index is 1.71. The second kappa shape index (κ2) is 10.7. The lowest BCUT2D eigenvalue weighted by molar-refractivity contribution is -0.143. The van der Waals surface area contributed by atoms with Crippen molar-refractivity contribution in [1.29, 1.82) is 0 Å². The molecule has 2 aliphatic rings. The van der Waals surface area contributed by atoms with E-state index in [-0.39, 0.29) is 17.3 Å². The van der Waals surface area contributed by atoms with Crippen LogP contribution in [-0.4, -0.2) is 29.1 Å². The fourth-order valence-corrected chi connectivity index (χ4v) is 6.71. The Morgan fingerprint density at radius 1 is 0.900 bits per heavy atom. The highest BCUT2D eigenvalue weighted by atomic mass is 19.4. The molecular weight excluding hydrogens is 518 g/mol. The molecule has 40 heavy (non-hydrogen) atoms. The van der Waals surface area contributed by atoms with Gasteiger partial charge in [0.05, 0.1) is 17.0 Å². The molecule has 3 aromatic rings. The molecule has 1 atom stereocenters. The van der Waals surface area contributed by atoms with Gasteiger partial charge in [-0.3, -0.25) is 9.69 Å². The Bertz CT molecular complexity index is 1360. The van der Waals surface area contributed by atoms with Crippen LogP contribution < -0.4 is 0 Å². The molecule has 1 saturated carbocycles. The van der Waals surface area contributed by atoms with Crippen LogP contribution in [-0.2, 0) is 16.4 Å². The third kappa shape index (κ3) is 5.53. The van der Waals surface area contributed by atoms with E-state index in [1.165, 1.54) is 24.3 Å². The molecule has 1 saturated heterocycles. The van der Waals surface area contributed by atoms with E-state index < -0.39 is 23.1 Å². The second-order valence-corrected chi connectivity index (χ2v) is 12.2. The summed E-state index contributed by atoms with van der Waals surface area (Å²) in [7, 11) is 0. The van der Waals surface area contributed by atoms with Crippen LogP contribution in [0.2, 0.25) is 0 Å². The number of carboxylic acid groups (broad SMARTS) is 1. The van der Waals surface area contributed by atoms with Crippen molar-refractivity contribution in [1.82, 2.24) is 4.90 Å². The van der Waals surface area contributed by atoms with Crippen molar-refractivity contribution in [3.63, 3.8) is 0 Å². The lowest BCUT2D eigenvalue weighted by Crippen LogP contribution is -2.42. The van der Waals surface area contributed by atoms with Crippen LogP contribution >= 0.6 is 0 Å². The van der Waals surface area contributed by atoms with Gasteiger partial charge in [-0.25, -0.2) is 4.39 Å². The molecule has 1 aliphatic carbocycles. The van der Waals surface area contributed by atoms with Gasteiger partial charge in [0.2, 0.25) is 0 Å². The van der Waals surface area contributed by atoms with Crippen molar-refractivity contribution in [2.24, 2.45) is 5.41 Å². The molecule has 0 radical (unpaired) electrons. The highest BCUT2D eigenvalue weighted by Gasteiger charge is 2.43. The molecule has 1 N–H and O–H groups in total. The van der Waals surface area contributed by atoms with E-state index in [1.54, 1.807) is 12.1 Å². The number of alkyl halides is 3. The van der Waals surface area contributed by atoms with E-state index in [9.17, 15) is 27.5 Å². The third-order valence-corrected chi connectivity index (χ3v) is 8.77. The number of benzene rings is 3. The number of carbonyl (C=O) groups is 1. The molecular formula is C33H35F4NO2. The number of rotatable bonds is 6. The maximum atomic E-state index is 14.0. The second-order valence-electron chi connectivity index (χ2n) is 12.2. The average molecular weight is 554 g/mol. The molecule has 0 spiro atoms. The van der Waals surface area contributed by atoms with Crippen LogP contribution in [0.25, 0.3) is 11.1 Å². The minimum Gasteiger partial charge on any atom is -0.481 e. The normalized spacial score (nSPS) is 19.9. The first-order valence-corrected chi connectivity index (χ1v) is 13.9. The standard InChI is InChI=1S/C33H35F4NO2/c1-31(2)16-5-19-38(21-31)29(23-8-13-26(34)14-9-23)27-15-12-25(32(30(39)40)17-3-4-18-32)20-28(27)22-6-10-24(11-7-22)33(35,36)37/h6-15,20,29H,3-5,16-19,21H2,1-2H3,(H,39,40). The van der Waals surface area contributed by atoms with Gasteiger partial charge in [-0.05, 0) is 95.8 Å². The molecule has 7 heteroatoms. The quantitative estimate of drug-likeness (QED) is 0.311. The first-order valence-electron chi connectivity index (χ1n) is 13.9. The number of hydrogen-bond acceptors (Lipinski definition) is 2. The summed E-state index contributed by atoms with van der Waals surface area (Å²) in [5, 5.41) is 10.3. The van der Waals surface area contributed by atoms with E-state index in [0.717, 1.165) is 62.0 Å². The van der Waals surface area contributed by atoms with Crippen molar-refractivity contribution in [2.75, 3.05) is 13.1 Å². The minimum absolute atomic E-state index is 0.0577. The molecule has 1 aliphatic heterocycles. The van der Waals surface area contributed by atoms with Gasteiger partial charge >= 0.3 is 12.1 Å². The summed E-state index contributed by atoms with van der Waals surface area (Å²) in [5.41, 5.74) is 2.02. The monoisotopic (exact) mass is 553 g/mol. The van der Waals surface area contributed by atoms with Crippen LogP contribution in [0.4, 0.5) is 17.6 Å². The van der Waals surface area contributed by atoms with Gasteiger partial charge in [0.15, 0.2) is 0 Å². The van der Waals surface area contributed by atoms with Gasteiger partial charge in [-0.2, -0.15) is 13.2 Å². The molecule has 0 aromatic heterocycles. The van der Waals surface area contributed by atoms with Crippen molar-refractivity contribution in [3.05, 3.63) is 94.8 Å². The van der Waals surface area contributed by atoms with E-state index in [2.05, 4.69) is 18.7 Å². The summed E-state index contributed by atoms with van der Waals surface area (Å²) < 4.78 is 54.2. The van der Waals surface area contributed by atoms with Crippen LogP contribution in [0.3, 0.4) is 0 Å². The average Bonchev–Trinajstić information content (AvgIpc) is 3.41. The largest absolute Gasteiger partial charge is 0.481 e. The van der Waals surface area contributed by atoms with Crippen LogP contribution in [0.5, 0.6) is 0 Å². The van der Waals surface area contributed by atoms with Gasteiger partial charge < -0.3 is 5.11 Å². The lowest BCUT2D eigenvalue weighted by Gasteiger charge is -2.43. The maximum Gasteiger partial charge on any atom is 0.416 e. The highest BCUT2D eigenvalue weighted by molar-refractivity contribution is 5.83. The third-order valence-electron chi connectivity index (χ3n) is 8.77. The summed E-state index contributed by atoms with van der Waals surface area (Å²) in [4.78, 5) is 14.9. The van der Waals surface area contributed by atoms with E-state index in [4.69, 9.17) is 0 Å². The summed E-state index contributed by atoms with van der Waals surface area (Å²) >= 11 is 0. The zero-order valence-electron chi connectivity index (χ0n) is 22.9. The highest BCUT2D eigenvalue weighted by Crippen LogP contribution is 2.46. The van der Waals surface area contributed by atoms with Gasteiger partial charge in [0, 0.05) is 6.54 Å². The Morgan fingerprint density at radius 2 is 1.55 bits per heavy atom. The first-order chi connectivity index (χ1) is 18.9. The van der Waals surface area contributed by atoms with Crippen molar-refractivity contribution < 1.29 is 27.5 Å². The molecule has 1 unspecified atom stereocenters. The number of halogens is 4. The zero-order chi connectivity index (χ0) is 28.7. The number of hydrogen-bond donors (Lipinski definition) is 1. The Labute approximate surface area is 232 Å². The molecule has 3 aromatic carbocycles. The van der Waals surface area contributed by atoms with E-state index >= 15 is 0 Å². The van der Waals surface area contributed by atoms with Gasteiger partial charge in [0.25, 0.3) is 0 Å². The molecule has 212 valence electrons. The minimum atomic E-state index is -4.46. The molecule has 5 rings (SSSR count). The zero-order valence-corrected chi connectivity index (χ0v) is 22.9. The number of nitrogens with zero attached hydrogens (tertiary/aromatic N) is 1. The number of piperidine rings is 1. The lowest BCUT2D eigenvalue weighted by atomic mass is 9.76. The maximum absolute atomic E-state index is 14.0. The van der Waals surface area contributed by atoms with Crippen LogP contribution in [0.1, 0.15) is 80.7 Å². The summed E-state index contributed by atoms with van der Waals surface area (Å²) in [6.07, 6.45) is 0.267. The van der Waals surface area contributed by atoms with Crippen LogP contribution in [0.15, 0.2) is 66.7 Å². The van der Waals surface area contributed by atoms with Crippen molar-refractivity contribution >= 4 is 5.97 Å². The topological polar surface area (TPSA) is 40.5 Å². The van der Waals surface area contributed by atoms with Gasteiger partial charge in [0.1, 0.15) is 5.82 Å². The Hall–Kier alpha value is -3.19. The molecule has 3 nitrogen and oxygen atoms in total. The van der Waals surface area contributed by atoms with Gasteiger partial charge in [-0.1, -0.05) is 63.1 Å². The Morgan fingerprint density at radius 3 is 2.12 bits per heavy atom. The van der Waals surface area contributed by atoms with Crippen molar-refractivity contribution in [2.45, 2.75) is 70.0 Å². The van der Waals surface area contributed by atoms with E-state index in [1.807, 2.05) is 18.2 Å². The predicted octanol–water partition coefficient (Wildman–Crippen LogP) is 8.62. The summed E-state index contributed by atoms with van der Waals surface area (Å²) in [6.45, 7) is 6.05. The number of aliphatic carboxylic acids is 1. The fraction of sp³-hybridized carbons (Fsp3) is 0.424. The SMILES string of the molecule is CC1(C)CCCN(C(c2ccc(F)cc2)c2ccc(C3(C(=O)O)CCCC3)cc2-c2ccc(C(F)(F)F)cc2)C1. The summed E-state index contributed by atoms with van der Waals surface area (Å²) in [5.74, 6) is -1.21. The van der Waals surface area contributed by atoms with E-state index in [0.29, 0.717) is 29.5 Å². The van der Waals surface area contributed by atoms with Crippen LogP contribution in [0, 0.1) is 11.2 Å². The first kappa shape index (κ1) is 28.3. The Kier molecular flexibility index (Phi) is 7.55. The predicted molar refractivity (Wildman–Crippen MR) is 147 cm³/mol. The molecule has 0 amide bonds. The number of likely N-dealkylation sites (tertiary alicyclic amines) is 1. The molecule has 1 heterocycles. The molecule has 0 bridgehead atoms.